The molecule has 0 spiro atoms. The van der Waals surface area contributed by atoms with Gasteiger partial charge in [-0.2, -0.15) is 0 Å². The van der Waals surface area contributed by atoms with E-state index in [9.17, 15) is 4.79 Å². The quantitative estimate of drug-likeness (QED) is 0.789. The van der Waals surface area contributed by atoms with Gasteiger partial charge in [-0.25, -0.2) is 0 Å². The molecule has 116 valence electrons. The molecule has 1 atom stereocenters. The molecule has 0 aromatic carbocycles. The Morgan fingerprint density at radius 1 is 1.35 bits per heavy atom. The normalized spacial score (nSPS) is 31.6. The molecule has 0 aromatic heterocycles. The van der Waals surface area contributed by atoms with Crippen molar-refractivity contribution in [3.8, 4) is 0 Å². The highest BCUT2D eigenvalue weighted by atomic mass is 16.5. The van der Waals surface area contributed by atoms with Gasteiger partial charge in [0, 0.05) is 32.7 Å². The van der Waals surface area contributed by atoms with Gasteiger partial charge >= 0.3 is 5.97 Å². The Hall–Kier alpha value is -0.650. The van der Waals surface area contributed by atoms with Crippen LogP contribution in [0.15, 0.2) is 0 Å². The SMILES string of the molecule is CCOC(=O)C1(N2CCCNCC2)CCOC(C)(C)C1. The van der Waals surface area contributed by atoms with Gasteiger partial charge < -0.3 is 14.8 Å². The number of carbonyl (C=O) groups excluding carboxylic acids is 1. The van der Waals surface area contributed by atoms with Crippen LogP contribution >= 0.6 is 0 Å². The Balaban J connectivity index is 2.24. The minimum Gasteiger partial charge on any atom is -0.465 e. The van der Waals surface area contributed by atoms with Gasteiger partial charge in [0.25, 0.3) is 0 Å². The second-order valence-electron chi connectivity index (χ2n) is 6.38. The van der Waals surface area contributed by atoms with Gasteiger partial charge in [0.2, 0.25) is 0 Å². The standard InChI is InChI=1S/C15H28N2O3/c1-4-19-13(18)15(6-11-20-14(2,3)12-15)17-9-5-7-16-8-10-17/h16H,4-12H2,1-3H3. The van der Waals surface area contributed by atoms with E-state index in [-0.39, 0.29) is 11.6 Å². The third-order valence-electron chi connectivity index (χ3n) is 4.33. The predicted octanol–water partition coefficient (Wildman–Crippen LogP) is 1.17. The molecule has 2 saturated heterocycles. The molecular formula is C15H28N2O3. The zero-order chi connectivity index (χ0) is 14.6. The van der Waals surface area contributed by atoms with Crippen LogP contribution in [0.2, 0.25) is 0 Å². The van der Waals surface area contributed by atoms with E-state index in [1.165, 1.54) is 0 Å². The molecule has 5 heteroatoms. The second kappa shape index (κ2) is 6.41. The fraction of sp³-hybridized carbons (Fsp3) is 0.933. The molecule has 0 bridgehead atoms. The molecule has 1 unspecified atom stereocenters. The van der Waals surface area contributed by atoms with Crippen LogP contribution in [0.25, 0.3) is 0 Å². The van der Waals surface area contributed by atoms with E-state index < -0.39 is 5.54 Å². The lowest BCUT2D eigenvalue weighted by Crippen LogP contribution is -2.62. The van der Waals surface area contributed by atoms with Crippen molar-refractivity contribution in [1.82, 2.24) is 10.2 Å². The third-order valence-corrected chi connectivity index (χ3v) is 4.33. The highest BCUT2D eigenvalue weighted by Crippen LogP contribution is 2.37. The second-order valence-corrected chi connectivity index (χ2v) is 6.38. The van der Waals surface area contributed by atoms with Gasteiger partial charge in [-0.05, 0) is 40.2 Å². The number of hydrogen-bond acceptors (Lipinski definition) is 5. The van der Waals surface area contributed by atoms with Crippen molar-refractivity contribution in [3.05, 3.63) is 0 Å². The van der Waals surface area contributed by atoms with Crippen molar-refractivity contribution in [3.63, 3.8) is 0 Å². The maximum absolute atomic E-state index is 12.7. The Morgan fingerprint density at radius 3 is 2.85 bits per heavy atom. The summed E-state index contributed by atoms with van der Waals surface area (Å²) in [7, 11) is 0. The first-order valence-corrected chi connectivity index (χ1v) is 7.77. The lowest BCUT2D eigenvalue weighted by Gasteiger charge is -2.48. The number of nitrogens with zero attached hydrogens (tertiary/aromatic N) is 1. The molecule has 5 nitrogen and oxygen atoms in total. The molecule has 2 fully saturated rings. The lowest BCUT2D eigenvalue weighted by atomic mass is 9.79. The summed E-state index contributed by atoms with van der Waals surface area (Å²) in [5.41, 5.74) is -0.783. The molecule has 2 aliphatic rings. The average Bonchev–Trinajstić information content (AvgIpc) is 2.66. The van der Waals surface area contributed by atoms with Crippen LogP contribution in [0.4, 0.5) is 0 Å². The van der Waals surface area contributed by atoms with E-state index in [0.717, 1.165) is 39.0 Å². The Labute approximate surface area is 122 Å². The van der Waals surface area contributed by atoms with Crippen LogP contribution in [0.3, 0.4) is 0 Å². The zero-order valence-corrected chi connectivity index (χ0v) is 13.0. The zero-order valence-electron chi connectivity index (χ0n) is 13.0. The van der Waals surface area contributed by atoms with E-state index in [4.69, 9.17) is 9.47 Å². The summed E-state index contributed by atoms with van der Waals surface area (Å²) in [5.74, 6) is -0.0710. The van der Waals surface area contributed by atoms with Crippen LogP contribution in [0.5, 0.6) is 0 Å². The van der Waals surface area contributed by atoms with E-state index in [1.54, 1.807) is 0 Å². The molecular weight excluding hydrogens is 256 g/mol. The summed E-state index contributed by atoms with van der Waals surface area (Å²) >= 11 is 0. The third kappa shape index (κ3) is 3.32. The van der Waals surface area contributed by atoms with Gasteiger partial charge in [-0.1, -0.05) is 0 Å². The lowest BCUT2D eigenvalue weighted by molar-refractivity contribution is -0.177. The van der Waals surface area contributed by atoms with Gasteiger partial charge in [0.05, 0.1) is 12.2 Å². The minimum absolute atomic E-state index is 0.0710. The monoisotopic (exact) mass is 284 g/mol. The number of rotatable bonds is 3. The molecule has 0 amide bonds. The maximum Gasteiger partial charge on any atom is 0.326 e. The molecule has 2 heterocycles. The first-order valence-electron chi connectivity index (χ1n) is 7.77. The Morgan fingerprint density at radius 2 is 2.15 bits per heavy atom. The number of carbonyl (C=O) groups is 1. The van der Waals surface area contributed by atoms with Crippen molar-refractivity contribution in [1.29, 1.82) is 0 Å². The smallest absolute Gasteiger partial charge is 0.326 e. The van der Waals surface area contributed by atoms with Crippen LogP contribution < -0.4 is 5.32 Å². The predicted molar refractivity (Wildman–Crippen MR) is 77.7 cm³/mol. The van der Waals surface area contributed by atoms with Crippen molar-refractivity contribution >= 4 is 5.97 Å². The average molecular weight is 284 g/mol. The van der Waals surface area contributed by atoms with E-state index in [1.807, 2.05) is 6.92 Å². The van der Waals surface area contributed by atoms with E-state index in [2.05, 4.69) is 24.1 Å². The molecule has 0 aliphatic carbocycles. The number of hydrogen-bond donors (Lipinski definition) is 1. The molecule has 0 aromatic rings. The van der Waals surface area contributed by atoms with Crippen LogP contribution in [0.1, 0.15) is 40.0 Å². The van der Waals surface area contributed by atoms with Crippen molar-refractivity contribution in [2.75, 3.05) is 39.4 Å². The molecule has 20 heavy (non-hydrogen) atoms. The Kier molecular flexibility index (Phi) is 5.04. The van der Waals surface area contributed by atoms with Gasteiger partial charge in [-0.3, -0.25) is 9.69 Å². The summed E-state index contributed by atoms with van der Waals surface area (Å²) in [6.07, 6.45) is 2.51. The van der Waals surface area contributed by atoms with Gasteiger partial charge in [-0.15, -0.1) is 0 Å². The summed E-state index contributed by atoms with van der Waals surface area (Å²) in [6, 6.07) is 0. The number of nitrogens with one attached hydrogen (secondary N) is 1. The number of ether oxygens (including phenoxy) is 2. The van der Waals surface area contributed by atoms with Gasteiger partial charge in [0.1, 0.15) is 5.54 Å². The molecule has 0 saturated carbocycles. The number of esters is 1. The van der Waals surface area contributed by atoms with Crippen LogP contribution in [0, 0.1) is 0 Å². The van der Waals surface area contributed by atoms with Crippen LogP contribution in [-0.2, 0) is 14.3 Å². The van der Waals surface area contributed by atoms with E-state index >= 15 is 0 Å². The summed E-state index contributed by atoms with van der Waals surface area (Å²) in [4.78, 5) is 15.0. The summed E-state index contributed by atoms with van der Waals surface area (Å²) < 4.78 is 11.2. The van der Waals surface area contributed by atoms with E-state index in [0.29, 0.717) is 19.6 Å². The fourth-order valence-corrected chi connectivity index (χ4v) is 3.45. The Bertz CT molecular complexity index is 338. The summed E-state index contributed by atoms with van der Waals surface area (Å²) in [6.45, 7) is 10.9. The van der Waals surface area contributed by atoms with Crippen molar-refractivity contribution in [2.24, 2.45) is 0 Å². The highest BCUT2D eigenvalue weighted by Gasteiger charge is 2.51. The first-order chi connectivity index (χ1) is 9.50. The molecule has 2 aliphatic heterocycles. The van der Waals surface area contributed by atoms with Crippen LogP contribution in [-0.4, -0.2) is 61.4 Å². The van der Waals surface area contributed by atoms with Crippen molar-refractivity contribution < 1.29 is 14.3 Å². The molecule has 2 rings (SSSR count). The maximum atomic E-state index is 12.7. The minimum atomic E-state index is -0.510. The first kappa shape index (κ1) is 15.7. The summed E-state index contributed by atoms with van der Waals surface area (Å²) in [5, 5.41) is 3.40. The molecule has 0 radical (unpaired) electrons. The van der Waals surface area contributed by atoms with Gasteiger partial charge in [0.15, 0.2) is 0 Å². The fourth-order valence-electron chi connectivity index (χ4n) is 3.45. The largest absolute Gasteiger partial charge is 0.465 e. The topological polar surface area (TPSA) is 50.8 Å². The molecule has 1 N–H and O–H groups in total. The highest BCUT2D eigenvalue weighted by molar-refractivity contribution is 5.81. The van der Waals surface area contributed by atoms with Crippen molar-refractivity contribution in [2.45, 2.75) is 51.2 Å².